The number of rotatable bonds is 9. The van der Waals surface area contributed by atoms with E-state index in [0.717, 1.165) is 0 Å². The summed E-state index contributed by atoms with van der Waals surface area (Å²) in [5.41, 5.74) is 0.887. The summed E-state index contributed by atoms with van der Waals surface area (Å²) < 4.78 is 7.33. The third-order valence-electron chi connectivity index (χ3n) is 5.60. The van der Waals surface area contributed by atoms with Crippen LogP contribution in [0.3, 0.4) is 0 Å². The standard InChI is InChI=1S/C24H23ClN4O4/c1-2-33-19-7-6-16(13-18(19)25)22(30)20-21(17-5-3-8-26-14-17)29(24(32)23(20)31)11-4-10-28-12-9-27-15-28/h3,5-9,12-15,20-21H,2,4,10-11H2,1H3. The highest BCUT2D eigenvalue weighted by atomic mass is 35.5. The van der Waals surface area contributed by atoms with Crippen LogP contribution in [0, 0.1) is 5.92 Å². The monoisotopic (exact) mass is 466 g/mol. The first-order valence-electron chi connectivity index (χ1n) is 10.7. The summed E-state index contributed by atoms with van der Waals surface area (Å²) >= 11 is 6.27. The molecule has 33 heavy (non-hydrogen) atoms. The molecular weight excluding hydrogens is 444 g/mol. The lowest BCUT2D eigenvalue weighted by atomic mass is 9.87. The number of aryl methyl sites for hydroxylation is 1. The van der Waals surface area contributed by atoms with Crippen molar-refractivity contribution in [2.45, 2.75) is 25.9 Å². The minimum Gasteiger partial charge on any atom is -0.492 e. The molecule has 8 nitrogen and oxygen atoms in total. The summed E-state index contributed by atoms with van der Waals surface area (Å²) in [6, 6.07) is 7.41. The summed E-state index contributed by atoms with van der Waals surface area (Å²) in [7, 11) is 0. The van der Waals surface area contributed by atoms with Crippen LogP contribution in [0.2, 0.25) is 5.02 Å². The lowest BCUT2D eigenvalue weighted by Gasteiger charge is -2.27. The van der Waals surface area contributed by atoms with Gasteiger partial charge in [0, 0.05) is 43.4 Å². The van der Waals surface area contributed by atoms with Gasteiger partial charge in [0.2, 0.25) is 5.78 Å². The smallest absolute Gasteiger partial charge is 0.291 e. The second kappa shape index (κ2) is 9.95. The number of halogens is 1. The number of nitrogens with zero attached hydrogens (tertiary/aromatic N) is 4. The van der Waals surface area contributed by atoms with Crippen LogP contribution in [0.5, 0.6) is 5.75 Å². The van der Waals surface area contributed by atoms with Gasteiger partial charge in [0.25, 0.3) is 5.91 Å². The van der Waals surface area contributed by atoms with E-state index in [1.54, 1.807) is 49.2 Å². The number of likely N-dealkylation sites (tertiary alicyclic amines) is 1. The van der Waals surface area contributed by atoms with E-state index >= 15 is 0 Å². The Labute approximate surface area is 196 Å². The molecule has 1 amide bonds. The molecule has 9 heteroatoms. The Bertz CT molecular complexity index is 1150. The van der Waals surface area contributed by atoms with Crippen molar-refractivity contribution in [3.63, 3.8) is 0 Å². The molecule has 1 saturated heterocycles. The number of aromatic nitrogens is 3. The van der Waals surface area contributed by atoms with Crippen LogP contribution in [-0.2, 0) is 16.1 Å². The summed E-state index contributed by atoms with van der Waals surface area (Å²) in [6.45, 7) is 3.21. The van der Waals surface area contributed by atoms with E-state index in [1.807, 2.05) is 17.7 Å². The van der Waals surface area contributed by atoms with Crippen LogP contribution in [0.15, 0.2) is 61.4 Å². The molecule has 3 aromatic rings. The van der Waals surface area contributed by atoms with Crippen molar-refractivity contribution < 1.29 is 19.1 Å². The van der Waals surface area contributed by atoms with Crippen molar-refractivity contribution in [2.24, 2.45) is 5.92 Å². The third-order valence-corrected chi connectivity index (χ3v) is 5.90. The predicted molar refractivity (Wildman–Crippen MR) is 121 cm³/mol. The summed E-state index contributed by atoms with van der Waals surface area (Å²) in [6.07, 6.45) is 9.00. The summed E-state index contributed by atoms with van der Waals surface area (Å²) in [5.74, 6) is -2.56. The normalized spacial score (nSPS) is 18.1. The Morgan fingerprint density at radius 1 is 1.15 bits per heavy atom. The molecule has 0 bridgehead atoms. The number of Topliss-reactive ketones (excluding diaryl/α,β-unsaturated/α-hetero) is 2. The second-order valence-electron chi connectivity index (χ2n) is 7.67. The zero-order chi connectivity index (χ0) is 23.4. The highest BCUT2D eigenvalue weighted by Crippen LogP contribution is 2.38. The molecule has 1 aliphatic rings. The molecule has 0 aliphatic carbocycles. The van der Waals surface area contributed by atoms with Gasteiger partial charge in [-0.25, -0.2) is 4.98 Å². The van der Waals surface area contributed by atoms with E-state index in [1.165, 1.54) is 11.0 Å². The van der Waals surface area contributed by atoms with Gasteiger partial charge in [0.05, 0.1) is 24.0 Å². The molecule has 2 atom stereocenters. The SMILES string of the molecule is CCOc1ccc(C(=O)C2C(=O)C(=O)N(CCCn3ccnc3)C2c2cccnc2)cc1Cl. The van der Waals surface area contributed by atoms with Crippen molar-refractivity contribution in [1.29, 1.82) is 0 Å². The third kappa shape index (κ3) is 4.66. The Kier molecular flexibility index (Phi) is 6.84. The molecule has 0 N–H and O–H groups in total. The van der Waals surface area contributed by atoms with Crippen LogP contribution in [0.25, 0.3) is 0 Å². The summed E-state index contributed by atoms with van der Waals surface area (Å²) in [5, 5.41) is 0.273. The van der Waals surface area contributed by atoms with Gasteiger partial charge >= 0.3 is 0 Å². The molecule has 0 spiro atoms. The largest absolute Gasteiger partial charge is 0.492 e. The van der Waals surface area contributed by atoms with Crippen LogP contribution >= 0.6 is 11.6 Å². The molecule has 0 radical (unpaired) electrons. The molecule has 1 aliphatic heterocycles. The molecule has 1 aromatic carbocycles. The number of ether oxygens (including phenoxy) is 1. The van der Waals surface area contributed by atoms with Crippen molar-refractivity contribution in [3.8, 4) is 5.75 Å². The minimum absolute atomic E-state index is 0.253. The fraction of sp³-hybridized carbons (Fsp3) is 0.292. The maximum absolute atomic E-state index is 13.5. The van der Waals surface area contributed by atoms with Gasteiger partial charge < -0.3 is 14.2 Å². The maximum Gasteiger partial charge on any atom is 0.291 e. The zero-order valence-corrected chi connectivity index (χ0v) is 18.8. The Hall–Kier alpha value is -3.52. The van der Waals surface area contributed by atoms with E-state index in [9.17, 15) is 14.4 Å². The van der Waals surface area contributed by atoms with E-state index < -0.39 is 29.4 Å². The van der Waals surface area contributed by atoms with Crippen LogP contribution in [0.1, 0.15) is 35.3 Å². The Morgan fingerprint density at radius 3 is 2.67 bits per heavy atom. The molecule has 2 unspecified atom stereocenters. The average molecular weight is 467 g/mol. The number of hydrogen-bond acceptors (Lipinski definition) is 6. The Morgan fingerprint density at radius 2 is 2.00 bits per heavy atom. The van der Waals surface area contributed by atoms with E-state index in [4.69, 9.17) is 16.3 Å². The first kappa shape index (κ1) is 22.7. The molecule has 4 rings (SSSR count). The van der Waals surface area contributed by atoms with Gasteiger partial charge in [0.15, 0.2) is 5.78 Å². The lowest BCUT2D eigenvalue weighted by Crippen LogP contribution is -2.32. The van der Waals surface area contributed by atoms with Gasteiger partial charge in [-0.15, -0.1) is 0 Å². The highest BCUT2D eigenvalue weighted by molar-refractivity contribution is 6.44. The zero-order valence-electron chi connectivity index (χ0n) is 18.1. The van der Waals surface area contributed by atoms with Gasteiger partial charge in [-0.1, -0.05) is 17.7 Å². The Balaban J connectivity index is 1.63. The molecule has 2 aromatic heterocycles. The number of imidazole rings is 1. The number of hydrogen-bond donors (Lipinski definition) is 0. The van der Waals surface area contributed by atoms with E-state index in [0.29, 0.717) is 37.4 Å². The predicted octanol–water partition coefficient (Wildman–Crippen LogP) is 3.37. The van der Waals surface area contributed by atoms with Crippen molar-refractivity contribution in [1.82, 2.24) is 19.4 Å². The molecule has 0 saturated carbocycles. The first-order chi connectivity index (χ1) is 16.0. The van der Waals surface area contributed by atoms with Gasteiger partial charge in [-0.05, 0) is 43.2 Å². The number of ketones is 2. The second-order valence-corrected chi connectivity index (χ2v) is 8.08. The molecule has 170 valence electrons. The highest BCUT2D eigenvalue weighted by Gasteiger charge is 2.51. The van der Waals surface area contributed by atoms with Crippen LogP contribution in [-0.4, -0.2) is 50.1 Å². The van der Waals surface area contributed by atoms with Crippen LogP contribution in [0.4, 0.5) is 0 Å². The molecule has 1 fully saturated rings. The number of carbonyl (C=O) groups excluding carboxylic acids is 3. The number of amides is 1. The fourth-order valence-corrected chi connectivity index (χ4v) is 4.33. The summed E-state index contributed by atoms with van der Waals surface area (Å²) in [4.78, 5) is 49.1. The topological polar surface area (TPSA) is 94.4 Å². The molecular formula is C24H23ClN4O4. The minimum atomic E-state index is -1.18. The lowest BCUT2D eigenvalue weighted by molar-refractivity contribution is -0.140. The number of pyridine rings is 1. The number of carbonyl (C=O) groups is 3. The van der Waals surface area contributed by atoms with E-state index in [2.05, 4.69) is 9.97 Å². The maximum atomic E-state index is 13.5. The quantitative estimate of drug-likeness (QED) is 0.272. The van der Waals surface area contributed by atoms with Gasteiger partial charge in [0.1, 0.15) is 11.7 Å². The first-order valence-corrected chi connectivity index (χ1v) is 11.1. The number of benzene rings is 1. The van der Waals surface area contributed by atoms with Crippen molar-refractivity contribution in [3.05, 3.63) is 77.6 Å². The van der Waals surface area contributed by atoms with Crippen LogP contribution < -0.4 is 4.74 Å². The van der Waals surface area contributed by atoms with Crippen molar-refractivity contribution in [2.75, 3.05) is 13.2 Å². The van der Waals surface area contributed by atoms with E-state index in [-0.39, 0.29) is 10.6 Å². The molecule has 3 heterocycles. The average Bonchev–Trinajstić information content (AvgIpc) is 3.43. The van der Waals surface area contributed by atoms with Gasteiger partial charge in [-0.3, -0.25) is 19.4 Å². The fourth-order valence-electron chi connectivity index (χ4n) is 4.10. The van der Waals surface area contributed by atoms with Crippen molar-refractivity contribution >= 4 is 29.1 Å². The van der Waals surface area contributed by atoms with Gasteiger partial charge in [-0.2, -0.15) is 0 Å².